The summed E-state index contributed by atoms with van der Waals surface area (Å²) in [4.78, 5) is 12.7. The van der Waals surface area contributed by atoms with Crippen molar-refractivity contribution in [2.75, 3.05) is 24.2 Å². The molecule has 24 heavy (non-hydrogen) atoms. The SMILES string of the molecule is CCSc1nnc(NC(=O)c2cc(S(=O)(=O)N(CC)CC)cs2)s1. The highest BCUT2D eigenvalue weighted by molar-refractivity contribution is 8.01. The van der Waals surface area contributed by atoms with Gasteiger partial charge in [0.1, 0.15) is 0 Å². The maximum Gasteiger partial charge on any atom is 0.267 e. The molecule has 0 spiro atoms. The topological polar surface area (TPSA) is 92.3 Å². The van der Waals surface area contributed by atoms with Crippen molar-refractivity contribution < 1.29 is 13.2 Å². The molecule has 132 valence electrons. The van der Waals surface area contributed by atoms with Crippen LogP contribution in [0.5, 0.6) is 0 Å². The molecule has 0 aliphatic heterocycles. The van der Waals surface area contributed by atoms with Crippen LogP contribution in [0.1, 0.15) is 30.4 Å². The average molecular weight is 407 g/mol. The Morgan fingerprint density at radius 3 is 2.62 bits per heavy atom. The van der Waals surface area contributed by atoms with Crippen molar-refractivity contribution in [3.8, 4) is 0 Å². The van der Waals surface area contributed by atoms with Gasteiger partial charge in [-0.25, -0.2) is 8.42 Å². The molecular weight excluding hydrogens is 388 g/mol. The largest absolute Gasteiger partial charge is 0.296 e. The summed E-state index contributed by atoms with van der Waals surface area (Å²) in [7, 11) is -3.55. The number of nitrogens with one attached hydrogen (secondary N) is 1. The number of carbonyl (C=O) groups is 1. The van der Waals surface area contributed by atoms with E-state index in [4.69, 9.17) is 0 Å². The lowest BCUT2D eigenvalue weighted by Gasteiger charge is -2.17. The first-order valence-electron chi connectivity index (χ1n) is 7.28. The summed E-state index contributed by atoms with van der Waals surface area (Å²) in [5.74, 6) is 0.491. The minimum atomic E-state index is -3.55. The predicted octanol–water partition coefficient (Wildman–Crippen LogP) is 2.99. The maximum atomic E-state index is 12.4. The van der Waals surface area contributed by atoms with Gasteiger partial charge in [0, 0.05) is 18.5 Å². The fourth-order valence-corrected chi connectivity index (χ4v) is 6.14. The van der Waals surface area contributed by atoms with Crippen molar-refractivity contribution in [3.63, 3.8) is 0 Å². The smallest absolute Gasteiger partial charge is 0.267 e. The third-order valence-corrected chi connectivity index (χ3v) is 8.00. The van der Waals surface area contributed by atoms with Gasteiger partial charge in [-0.05, 0) is 11.8 Å². The van der Waals surface area contributed by atoms with E-state index in [1.54, 1.807) is 25.6 Å². The molecule has 0 saturated heterocycles. The van der Waals surface area contributed by atoms with Crippen molar-refractivity contribution in [3.05, 3.63) is 16.3 Å². The normalized spacial score (nSPS) is 11.8. The number of nitrogens with zero attached hydrogens (tertiary/aromatic N) is 3. The van der Waals surface area contributed by atoms with Crippen molar-refractivity contribution in [1.29, 1.82) is 0 Å². The summed E-state index contributed by atoms with van der Waals surface area (Å²) in [5, 5.41) is 12.4. The second-order valence-corrected chi connectivity index (χ2v) is 9.83. The highest BCUT2D eigenvalue weighted by Gasteiger charge is 2.24. The summed E-state index contributed by atoms with van der Waals surface area (Å²) in [5.41, 5.74) is 0. The van der Waals surface area contributed by atoms with Gasteiger partial charge in [0.2, 0.25) is 15.2 Å². The van der Waals surface area contributed by atoms with Crippen LogP contribution in [0, 0.1) is 0 Å². The van der Waals surface area contributed by atoms with E-state index in [0.717, 1.165) is 21.4 Å². The standard InChI is InChI=1S/C13H18N4O3S4/c1-4-17(5-2)24(19,20)9-7-10(22-8-9)11(18)14-12-15-16-13(23-12)21-6-3/h7-8H,4-6H2,1-3H3,(H,14,15,18). The third-order valence-electron chi connectivity index (χ3n) is 3.04. The van der Waals surface area contributed by atoms with E-state index in [-0.39, 0.29) is 10.8 Å². The van der Waals surface area contributed by atoms with Gasteiger partial charge in [0.15, 0.2) is 4.34 Å². The van der Waals surface area contributed by atoms with Crippen LogP contribution < -0.4 is 5.32 Å². The molecule has 0 fully saturated rings. The summed E-state index contributed by atoms with van der Waals surface area (Å²) in [6.45, 7) is 6.34. The molecule has 0 radical (unpaired) electrons. The van der Waals surface area contributed by atoms with Crippen LogP contribution in [-0.2, 0) is 10.0 Å². The van der Waals surface area contributed by atoms with Gasteiger partial charge in [-0.1, -0.05) is 43.9 Å². The lowest BCUT2D eigenvalue weighted by molar-refractivity contribution is 0.103. The molecule has 0 saturated carbocycles. The molecule has 2 aromatic heterocycles. The Bertz CT molecular complexity index is 796. The Labute approximate surface area is 153 Å². The number of anilines is 1. The number of rotatable bonds is 8. The zero-order chi connectivity index (χ0) is 17.7. The molecule has 2 rings (SSSR count). The number of thioether (sulfide) groups is 1. The second kappa shape index (κ2) is 8.39. The van der Waals surface area contributed by atoms with Crippen molar-refractivity contribution in [2.45, 2.75) is 30.0 Å². The number of amides is 1. The van der Waals surface area contributed by atoms with Crippen molar-refractivity contribution in [2.24, 2.45) is 0 Å². The van der Waals surface area contributed by atoms with Crippen LogP contribution in [-0.4, -0.2) is 47.7 Å². The first-order valence-corrected chi connectivity index (χ1v) is 11.4. The number of carbonyl (C=O) groups excluding carboxylic acids is 1. The fraction of sp³-hybridized carbons (Fsp3) is 0.462. The van der Waals surface area contributed by atoms with Gasteiger partial charge in [-0.2, -0.15) is 4.31 Å². The lowest BCUT2D eigenvalue weighted by Crippen LogP contribution is -2.30. The number of hydrogen-bond acceptors (Lipinski definition) is 8. The Balaban J connectivity index is 2.13. The molecule has 1 N–H and O–H groups in total. The molecule has 0 aliphatic carbocycles. The first kappa shape index (κ1) is 19.3. The molecular formula is C13H18N4O3S4. The fourth-order valence-electron chi connectivity index (χ4n) is 1.89. The molecule has 2 heterocycles. The van der Waals surface area contributed by atoms with Crippen molar-refractivity contribution in [1.82, 2.24) is 14.5 Å². The van der Waals surface area contributed by atoms with Crippen LogP contribution in [0.3, 0.4) is 0 Å². The van der Waals surface area contributed by atoms with E-state index in [1.165, 1.54) is 27.1 Å². The molecule has 0 aliphatic rings. The van der Waals surface area contributed by atoms with E-state index in [1.807, 2.05) is 6.92 Å². The van der Waals surface area contributed by atoms with E-state index in [0.29, 0.717) is 23.1 Å². The highest BCUT2D eigenvalue weighted by atomic mass is 32.2. The Morgan fingerprint density at radius 1 is 1.29 bits per heavy atom. The zero-order valence-corrected chi connectivity index (χ0v) is 16.7. The van der Waals surface area contributed by atoms with Crippen molar-refractivity contribution >= 4 is 55.5 Å². The predicted molar refractivity (Wildman–Crippen MR) is 98.7 cm³/mol. The number of hydrogen-bond donors (Lipinski definition) is 1. The summed E-state index contributed by atoms with van der Waals surface area (Å²) in [6.07, 6.45) is 0. The highest BCUT2D eigenvalue weighted by Crippen LogP contribution is 2.27. The van der Waals surface area contributed by atoms with E-state index in [2.05, 4.69) is 15.5 Å². The molecule has 0 atom stereocenters. The molecule has 7 nitrogen and oxygen atoms in total. The number of thiophene rings is 1. The molecule has 11 heteroatoms. The molecule has 0 aromatic carbocycles. The zero-order valence-electron chi connectivity index (χ0n) is 13.5. The van der Waals surface area contributed by atoms with Gasteiger partial charge in [-0.15, -0.1) is 21.5 Å². The minimum Gasteiger partial charge on any atom is -0.296 e. The first-order chi connectivity index (χ1) is 11.4. The average Bonchev–Trinajstić information content (AvgIpc) is 3.18. The number of sulfonamides is 1. The minimum absolute atomic E-state index is 0.140. The lowest BCUT2D eigenvalue weighted by atomic mass is 10.4. The van der Waals surface area contributed by atoms with E-state index >= 15 is 0 Å². The monoisotopic (exact) mass is 406 g/mol. The summed E-state index contributed by atoms with van der Waals surface area (Å²) in [6, 6.07) is 1.40. The molecule has 1 amide bonds. The van der Waals surface area contributed by atoms with Gasteiger partial charge in [-0.3, -0.25) is 10.1 Å². The second-order valence-electron chi connectivity index (χ2n) is 4.50. The van der Waals surface area contributed by atoms with Gasteiger partial charge in [0.05, 0.1) is 9.77 Å². The van der Waals surface area contributed by atoms with Crippen LogP contribution in [0.4, 0.5) is 5.13 Å². The van der Waals surface area contributed by atoms with Crippen LogP contribution in [0.25, 0.3) is 0 Å². The van der Waals surface area contributed by atoms with Crippen LogP contribution >= 0.6 is 34.4 Å². The van der Waals surface area contributed by atoms with Gasteiger partial charge >= 0.3 is 0 Å². The van der Waals surface area contributed by atoms with Crippen LogP contribution in [0.2, 0.25) is 0 Å². The van der Waals surface area contributed by atoms with Gasteiger partial charge in [0.25, 0.3) is 5.91 Å². The molecule has 2 aromatic rings. The Hall–Kier alpha value is -1.01. The van der Waals surface area contributed by atoms with E-state index < -0.39 is 10.0 Å². The number of aromatic nitrogens is 2. The molecule has 0 bridgehead atoms. The van der Waals surface area contributed by atoms with Gasteiger partial charge < -0.3 is 0 Å². The maximum absolute atomic E-state index is 12.4. The quantitative estimate of drug-likeness (QED) is 0.535. The third kappa shape index (κ3) is 4.33. The Kier molecular flexibility index (Phi) is 6.75. The van der Waals surface area contributed by atoms with Crippen LogP contribution in [0.15, 0.2) is 20.7 Å². The summed E-state index contributed by atoms with van der Waals surface area (Å²) >= 11 is 3.93. The molecule has 0 unspecified atom stereocenters. The van der Waals surface area contributed by atoms with E-state index in [9.17, 15) is 13.2 Å². The summed E-state index contributed by atoms with van der Waals surface area (Å²) < 4.78 is 27.0. The Morgan fingerprint density at radius 2 is 2.00 bits per heavy atom.